The summed E-state index contributed by atoms with van der Waals surface area (Å²) < 4.78 is 26.4. The molecule has 0 aliphatic heterocycles. The van der Waals surface area contributed by atoms with E-state index in [1.165, 1.54) is 4.90 Å². The van der Waals surface area contributed by atoms with E-state index in [4.69, 9.17) is 0 Å². The maximum Gasteiger partial charge on any atom is 0.254 e. The van der Waals surface area contributed by atoms with Crippen LogP contribution >= 0.6 is 11.8 Å². The quantitative estimate of drug-likeness (QED) is 0.548. The van der Waals surface area contributed by atoms with Crippen molar-refractivity contribution in [3.63, 3.8) is 0 Å². The van der Waals surface area contributed by atoms with E-state index in [0.29, 0.717) is 19.0 Å². The SMILES string of the molecule is CSc1ccc(CN(C)C(=O)CCCNC(=O)c2ccc(F)cc2F)cc1. The van der Waals surface area contributed by atoms with Crippen LogP contribution in [0.1, 0.15) is 28.8 Å². The zero-order valence-corrected chi connectivity index (χ0v) is 16.1. The Kier molecular flexibility index (Phi) is 7.79. The van der Waals surface area contributed by atoms with E-state index in [-0.39, 0.29) is 24.4 Å². The molecule has 0 bridgehead atoms. The van der Waals surface area contributed by atoms with Gasteiger partial charge in [0.25, 0.3) is 5.91 Å². The summed E-state index contributed by atoms with van der Waals surface area (Å²) in [7, 11) is 1.73. The van der Waals surface area contributed by atoms with Crippen molar-refractivity contribution in [3.8, 4) is 0 Å². The van der Waals surface area contributed by atoms with Crippen LogP contribution in [0.15, 0.2) is 47.4 Å². The van der Waals surface area contributed by atoms with Gasteiger partial charge in [-0.3, -0.25) is 9.59 Å². The Morgan fingerprint density at radius 3 is 2.44 bits per heavy atom. The Morgan fingerprint density at radius 2 is 1.81 bits per heavy atom. The first-order valence-electron chi connectivity index (χ1n) is 8.51. The summed E-state index contributed by atoms with van der Waals surface area (Å²) in [5.41, 5.74) is 0.831. The van der Waals surface area contributed by atoms with Crippen LogP contribution in [0.3, 0.4) is 0 Å². The van der Waals surface area contributed by atoms with Crippen LogP contribution in [-0.4, -0.2) is 36.6 Å². The van der Waals surface area contributed by atoms with Crippen LogP contribution < -0.4 is 5.32 Å². The molecule has 0 spiro atoms. The Morgan fingerprint density at radius 1 is 1.11 bits per heavy atom. The molecular weight excluding hydrogens is 370 g/mol. The van der Waals surface area contributed by atoms with Crippen molar-refractivity contribution in [2.45, 2.75) is 24.3 Å². The van der Waals surface area contributed by atoms with Gasteiger partial charge < -0.3 is 10.2 Å². The fourth-order valence-corrected chi connectivity index (χ4v) is 2.90. The van der Waals surface area contributed by atoms with Gasteiger partial charge in [0.15, 0.2) is 0 Å². The highest BCUT2D eigenvalue weighted by Gasteiger charge is 2.13. The summed E-state index contributed by atoms with van der Waals surface area (Å²) in [4.78, 5) is 26.9. The molecule has 2 rings (SSSR count). The molecule has 144 valence electrons. The maximum absolute atomic E-state index is 13.5. The molecule has 4 nitrogen and oxygen atoms in total. The first-order valence-corrected chi connectivity index (χ1v) is 9.73. The Bertz CT molecular complexity index is 797. The molecule has 0 unspecified atom stereocenters. The lowest BCUT2D eigenvalue weighted by atomic mass is 10.2. The molecule has 0 radical (unpaired) electrons. The predicted octanol–water partition coefficient (Wildman–Crippen LogP) is 3.86. The van der Waals surface area contributed by atoms with Crippen molar-refractivity contribution in [2.75, 3.05) is 19.8 Å². The van der Waals surface area contributed by atoms with Crippen LogP contribution in [0, 0.1) is 11.6 Å². The zero-order valence-electron chi connectivity index (χ0n) is 15.3. The topological polar surface area (TPSA) is 49.4 Å². The van der Waals surface area contributed by atoms with Gasteiger partial charge in [-0.25, -0.2) is 8.78 Å². The molecule has 0 heterocycles. The van der Waals surface area contributed by atoms with Crippen molar-refractivity contribution in [3.05, 3.63) is 65.2 Å². The van der Waals surface area contributed by atoms with E-state index in [2.05, 4.69) is 5.32 Å². The summed E-state index contributed by atoms with van der Waals surface area (Å²) in [5, 5.41) is 2.54. The summed E-state index contributed by atoms with van der Waals surface area (Å²) in [6.45, 7) is 0.748. The molecule has 2 amide bonds. The van der Waals surface area contributed by atoms with Gasteiger partial charge in [-0.15, -0.1) is 11.8 Å². The Hall–Kier alpha value is -2.41. The van der Waals surface area contributed by atoms with Crippen molar-refractivity contribution in [1.82, 2.24) is 10.2 Å². The van der Waals surface area contributed by atoms with Gasteiger partial charge in [-0.2, -0.15) is 0 Å². The molecule has 2 aromatic carbocycles. The number of hydrogen-bond acceptors (Lipinski definition) is 3. The third kappa shape index (κ3) is 6.36. The van der Waals surface area contributed by atoms with Crippen LogP contribution in [0.5, 0.6) is 0 Å². The predicted molar refractivity (Wildman–Crippen MR) is 103 cm³/mol. The van der Waals surface area contributed by atoms with E-state index >= 15 is 0 Å². The van der Waals surface area contributed by atoms with Gasteiger partial charge in [0.05, 0.1) is 5.56 Å². The second-order valence-electron chi connectivity index (χ2n) is 6.08. The number of thioether (sulfide) groups is 1. The fraction of sp³-hybridized carbons (Fsp3) is 0.300. The molecular formula is C20H22F2N2O2S. The zero-order chi connectivity index (χ0) is 19.8. The normalized spacial score (nSPS) is 10.5. The number of rotatable bonds is 8. The van der Waals surface area contributed by atoms with Crippen molar-refractivity contribution < 1.29 is 18.4 Å². The average Bonchev–Trinajstić information content (AvgIpc) is 2.65. The van der Waals surface area contributed by atoms with Gasteiger partial charge in [0.1, 0.15) is 11.6 Å². The van der Waals surface area contributed by atoms with E-state index in [9.17, 15) is 18.4 Å². The van der Waals surface area contributed by atoms with Gasteiger partial charge >= 0.3 is 0 Å². The van der Waals surface area contributed by atoms with Crippen LogP contribution in [0.4, 0.5) is 8.78 Å². The lowest BCUT2D eigenvalue weighted by Crippen LogP contribution is -2.29. The van der Waals surface area contributed by atoms with E-state index in [1.807, 2.05) is 30.5 Å². The van der Waals surface area contributed by atoms with Crippen LogP contribution in [0.25, 0.3) is 0 Å². The first-order chi connectivity index (χ1) is 12.9. The van der Waals surface area contributed by atoms with Crippen molar-refractivity contribution in [1.29, 1.82) is 0 Å². The summed E-state index contributed by atoms with van der Waals surface area (Å²) >= 11 is 1.66. The van der Waals surface area contributed by atoms with Crippen molar-refractivity contribution in [2.24, 2.45) is 0 Å². The highest BCUT2D eigenvalue weighted by Crippen LogP contribution is 2.16. The summed E-state index contributed by atoms with van der Waals surface area (Å²) in [6, 6.07) is 10.8. The Labute approximate surface area is 161 Å². The lowest BCUT2D eigenvalue weighted by Gasteiger charge is -2.17. The minimum absolute atomic E-state index is 0.0360. The number of nitrogens with one attached hydrogen (secondary N) is 1. The van der Waals surface area contributed by atoms with Crippen LogP contribution in [-0.2, 0) is 11.3 Å². The van der Waals surface area contributed by atoms with Gasteiger partial charge in [0.2, 0.25) is 5.91 Å². The van der Waals surface area contributed by atoms with Gasteiger partial charge in [-0.1, -0.05) is 12.1 Å². The molecule has 0 fully saturated rings. The first kappa shape index (κ1) is 20.9. The highest BCUT2D eigenvalue weighted by atomic mass is 32.2. The molecule has 1 N–H and O–H groups in total. The molecule has 2 aromatic rings. The fourth-order valence-electron chi connectivity index (χ4n) is 2.49. The number of hydrogen-bond donors (Lipinski definition) is 1. The second-order valence-corrected chi connectivity index (χ2v) is 6.96. The molecule has 0 aliphatic rings. The molecule has 7 heteroatoms. The third-order valence-corrected chi connectivity index (χ3v) is 4.78. The Balaban J connectivity index is 1.73. The highest BCUT2D eigenvalue weighted by molar-refractivity contribution is 7.98. The largest absolute Gasteiger partial charge is 0.352 e. The number of benzene rings is 2. The number of nitrogens with zero attached hydrogens (tertiary/aromatic N) is 1. The third-order valence-electron chi connectivity index (χ3n) is 4.03. The molecule has 27 heavy (non-hydrogen) atoms. The van der Waals surface area contributed by atoms with E-state index in [1.54, 1.807) is 23.7 Å². The van der Waals surface area contributed by atoms with Gasteiger partial charge in [-0.05, 0) is 42.5 Å². The number of halogens is 2. The summed E-state index contributed by atoms with van der Waals surface area (Å²) in [5.74, 6) is -2.30. The number of carbonyl (C=O) groups is 2. The molecule has 0 saturated carbocycles. The van der Waals surface area contributed by atoms with E-state index in [0.717, 1.165) is 17.7 Å². The van der Waals surface area contributed by atoms with E-state index < -0.39 is 17.5 Å². The summed E-state index contributed by atoms with van der Waals surface area (Å²) in [6.07, 6.45) is 2.71. The van der Waals surface area contributed by atoms with Crippen LogP contribution in [0.2, 0.25) is 0 Å². The minimum Gasteiger partial charge on any atom is -0.352 e. The molecule has 0 atom stereocenters. The number of carbonyl (C=O) groups excluding carboxylic acids is 2. The number of amides is 2. The standard InChI is InChI=1S/C20H22F2N2O2S/c1-24(13-14-5-8-16(27-2)9-6-14)19(25)4-3-11-23-20(26)17-10-7-15(21)12-18(17)22/h5-10,12H,3-4,11,13H2,1-2H3,(H,23,26). The molecule has 0 saturated heterocycles. The maximum atomic E-state index is 13.5. The monoisotopic (exact) mass is 392 g/mol. The lowest BCUT2D eigenvalue weighted by molar-refractivity contribution is -0.130. The van der Waals surface area contributed by atoms with Gasteiger partial charge in [0, 0.05) is 37.5 Å². The smallest absolute Gasteiger partial charge is 0.254 e. The van der Waals surface area contributed by atoms with Crippen molar-refractivity contribution >= 4 is 23.6 Å². The average molecular weight is 392 g/mol. The minimum atomic E-state index is -0.907. The second kappa shape index (κ2) is 10.1. The molecule has 0 aliphatic carbocycles. The molecule has 0 aromatic heterocycles.